The number of alkyl halides is 3. The predicted octanol–water partition coefficient (Wildman–Crippen LogP) is 3.02. The second-order valence-electron chi connectivity index (χ2n) is 4.53. The molecule has 1 rings (SSSR count). The molecule has 5 heteroatoms. The van der Waals surface area contributed by atoms with E-state index in [9.17, 15) is 18.3 Å². The summed E-state index contributed by atoms with van der Waals surface area (Å²) in [4.78, 5) is 0. The van der Waals surface area contributed by atoms with Crippen molar-refractivity contribution in [2.75, 3.05) is 0 Å². The molecule has 1 saturated carbocycles. The maximum absolute atomic E-state index is 12.6. The van der Waals surface area contributed by atoms with Crippen molar-refractivity contribution in [2.45, 2.75) is 50.8 Å². The van der Waals surface area contributed by atoms with Gasteiger partial charge in [-0.1, -0.05) is 6.92 Å². The molecule has 0 aromatic carbocycles. The van der Waals surface area contributed by atoms with Gasteiger partial charge in [-0.05, 0) is 32.1 Å². The van der Waals surface area contributed by atoms with Gasteiger partial charge in [0, 0.05) is 0 Å². The van der Waals surface area contributed by atoms with Crippen LogP contribution in [0.15, 0.2) is 0 Å². The summed E-state index contributed by atoms with van der Waals surface area (Å²) in [5, 5.41) is 19.0. The van der Waals surface area contributed by atoms with Crippen molar-refractivity contribution in [3.63, 3.8) is 0 Å². The minimum Gasteiger partial charge on any atom is -0.389 e. The van der Waals surface area contributed by atoms with Gasteiger partial charge >= 0.3 is 6.18 Å². The van der Waals surface area contributed by atoms with Crippen molar-refractivity contribution in [2.24, 2.45) is 11.8 Å². The van der Waals surface area contributed by atoms with Crippen molar-refractivity contribution in [1.29, 1.82) is 5.26 Å². The number of halogens is 3. The minimum atomic E-state index is -4.26. The van der Waals surface area contributed by atoms with E-state index in [-0.39, 0.29) is 12.8 Å². The van der Waals surface area contributed by atoms with E-state index in [1.807, 2.05) is 6.07 Å². The van der Waals surface area contributed by atoms with Crippen molar-refractivity contribution in [3.8, 4) is 6.07 Å². The minimum absolute atomic E-state index is 0.0632. The third kappa shape index (κ3) is 2.67. The Kier molecular flexibility index (Phi) is 3.84. The topological polar surface area (TPSA) is 44.0 Å². The van der Waals surface area contributed by atoms with Crippen LogP contribution < -0.4 is 0 Å². The summed E-state index contributed by atoms with van der Waals surface area (Å²) >= 11 is 0. The molecular weight excluding hydrogens is 219 g/mol. The molecule has 2 nitrogen and oxygen atoms in total. The summed E-state index contributed by atoms with van der Waals surface area (Å²) in [5.41, 5.74) is -1.46. The molecule has 0 aliphatic heterocycles. The third-order valence-electron chi connectivity index (χ3n) is 3.44. The first kappa shape index (κ1) is 13.3. The fourth-order valence-corrected chi connectivity index (χ4v) is 2.47. The first-order chi connectivity index (χ1) is 7.33. The number of hydrogen-bond donors (Lipinski definition) is 1. The van der Waals surface area contributed by atoms with Crippen LogP contribution in [0.1, 0.15) is 39.0 Å². The highest BCUT2D eigenvalue weighted by atomic mass is 19.4. The van der Waals surface area contributed by atoms with Gasteiger partial charge in [-0.15, -0.1) is 0 Å². The molecule has 0 bridgehead atoms. The van der Waals surface area contributed by atoms with Gasteiger partial charge in [0.25, 0.3) is 0 Å². The SMILES string of the molecule is CCC(C#N)C1(O)CCCC(C(F)(F)F)C1. The van der Waals surface area contributed by atoms with E-state index >= 15 is 0 Å². The van der Waals surface area contributed by atoms with Crippen molar-refractivity contribution < 1.29 is 18.3 Å². The molecule has 0 amide bonds. The standard InChI is InChI=1S/C11H16F3NO/c1-2-8(7-15)10(16)5-3-4-9(6-10)11(12,13)14/h8-9,16H,2-6H2,1H3. The Hall–Kier alpha value is -0.760. The van der Waals surface area contributed by atoms with Crippen LogP contribution in [-0.4, -0.2) is 16.9 Å². The molecule has 3 atom stereocenters. The monoisotopic (exact) mass is 235 g/mol. The molecule has 1 N–H and O–H groups in total. The summed E-state index contributed by atoms with van der Waals surface area (Å²) in [6, 6.07) is 1.92. The highest BCUT2D eigenvalue weighted by Crippen LogP contribution is 2.44. The van der Waals surface area contributed by atoms with Crippen molar-refractivity contribution in [3.05, 3.63) is 0 Å². The largest absolute Gasteiger partial charge is 0.391 e. The van der Waals surface area contributed by atoms with E-state index in [4.69, 9.17) is 5.26 Å². The summed E-state index contributed by atoms with van der Waals surface area (Å²) in [7, 11) is 0. The molecule has 0 aromatic heterocycles. The van der Waals surface area contributed by atoms with Gasteiger partial charge in [0.1, 0.15) is 0 Å². The number of hydrogen-bond acceptors (Lipinski definition) is 2. The van der Waals surface area contributed by atoms with Crippen LogP contribution in [0.5, 0.6) is 0 Å². The Balaban J connectivity index is 2.80. The van der Waals surface area contributed by atoms with Gasteiger partial charge in [-0.2, -0.15) is 18.4 Å². The molecule has 1 fully saturated rings. The smallest absolute Gasteiger partial charge is 0.389 e. The molecule has 0 spiro atoms. The lowest BCUT2D eigenvalue weighted by molar-refractivity contribution is -0.204. The van der Waals surface area contributed by atoms with Gasteiger partial charge in [0.2, 0.25) is 0 Å². The van der Waals surface area contributed by atoms with E-state index in [2.05, 4.69) is 0 Å². The molecule has 92 valence electrons. The lowest BCUT2D eigenvalue weighted by atomic mass is 9.71. The zero-order chi connectivity index (χ0) is 12.4. The third-order valence-corrected chi connectivity index (χ3v) is 3.44. The van der Waals surface area contributed by atoms with E-state index in [1.165, 1.54) is 0 Å². The van der Waals surface area contributed by atoms with Gasteiger partial charge in [0.05, 0.1) is 23.5 Å². The van der Waals surface area contributed by atoms with Gasteiger partial charge in [-0.3, -0.25) is 0 Å². The van der Waals surface area contributed by atoms with Crippen LogP contribution >= 0.6 is 0 Å². The zero-order valence-electron chi connectivity index (χ0n) is 9.22. The highest BCUT2D eigenvalue weighted by molar-refractivity contribution is 5.01. The van der Waals surface area contributed by atoms with Crippen LogP contribution in [0.25, 0.3) is 0 Å². The Bertz CT molecular complexity index is 284. The first-order valence-electron chi connectivity index (χ1n) is 5.52. The predicted molar refractivity (Wildman–Crippen MR) is 52.4 cm³/mol. The maximum Gasteiger partial charge on any atom is 0.391 e. The molecular formula is C11H16F3NO. The molecule has 1 aliphatic carbocycles. The maximum atomic E-state index is 12.6. The number of nitriles is 1. The normalized spacial score (nSPS) is 33.1. The average Bonchev–Trinajstić information content (AvgIpc) is 2.18. The lowest BCUT2D eigenvalue weighted by Crippen LogP contribution is -2.45. The fourth-order valence-electron chi connectivity index (χ4n) is 2.47. The fraction of sp³-hybridized carbons (Fsp3) is 0.909. The summed E-state index contributed by atoms with van der Waals surface area (Å²) in [5.74, 6) is -2.16. The number of rotatable bonds is 2. The number of nitrogens with zero attached hydrogens (tertiary/aromatic N) is 1. The Morgan fingerprint density at radius 2 is 2.19 bits per heavy atom. The van der Waals surface area contributed by atoms with E-state index in [0.29, 0.717) is 19.3 Å². The van der Waals surface area contributed by atoms with Gasteiger partial charge in [0.15, 0.2) is 0 Å². The van der Waals surface area contributed by atoms with Crippen LogP contribution in [0.4, 0.5) is 13.2 Å². The second-order valence-corrected chi connectivity index (χ2v) is 4.53. The molecule has 1 aliphatic rings. The van der Waals surface area contributed by atoms with E-state index in [0.717, 1.165) is 0 Å². The molecule has 16 heavy (non-hydrogen) atoms. The molecule has 0 aromatic rings. The van der Waals surface area contributed by atoms with Crippen LogP contribution in [0.3, 0.4) is 0 Å². The molecule has 3 unspecified atom stereocenters. The first-order valence-corrected chi connectivity index (χ1v) is 5.52. The molecule has 0 heterocycles. The number of aliphatic hydroxyl groups is 1. The Morgan fingerprint density at radius 1 is 1.56 bits per heavy atom. The summed E-state index contributed by atoms with van der Waals surface area (Å²) in [6.45, 7) is 1.71. The highest BCUT2D eigenvalue weighted by Gasteiger charge is 2.49. The molecule has 0 saturated heterocycles. The second kappa shape index (κ2) is 4.62. The van der Waals surface area contributed by atoms with E-state index < -0.39 is 23.6 Å². The van der Waals surface area contributed by atoms with Gasteiger partial charge < -0.3 is 5.11 Å². The van der Waals surface area contributed by atoms with Crippen molar-refractivity contribution in [1.82, 2.24) is 0 Å². The van der Waals surface area contributed by atoms with E-state index in [1.54, 1.807) is 6.92 Å². The van der Waals surface area contributed by atoms with Crippen LogP contribution in [0.2, 0.25) is 0 Å². The average molecular weight is 235 g/mol. The van der Waals surface area contributed by atoms with Crippen LogP contribution in [-0.2, 0) is 0 Å². The zero-order valence-corrected chi connectivity index (χ0v) is 9.22. The molecule has 0 radical (unpaired) electrons. The Morgan fingerprint density at radius 3 is 2.62 bits per heavy atom. The Labute approximate surface area is 93.1 Å². The van der Waals surface area contributed by atoms with Crippen molar-refractivity contribution >= 4 is 0 Å². The van der Waals surface area contributed by atoms with Crippen LogP contribution in [0, 0.1) is 23.2 Å². The quantitative estimate of drug-likeness (QED) is 0.799. The van der Waals surface area contributed by atoms with Gasteiger partial charge in [-0.25, -0.2) is 0 Å². The lowest BCUT2D eigenvalue weighted by Gasteiger charge is -2.40. The summed E-state index contributed by atoms with van der Waals surface area (Å²) < 4.78 is 37.7. The summed E-state index contributed by atoms with van der Waals surface area (Å²) in [6.07, 6.45) is -3.51.